The standard InChI is InChI=1S/C19H26N6O3S/c1-5-28-18(27)15-12(2)24-17(29-15)13(3)25-19(20-4)23-10-9-22-16(26)14-7-6-8-21-11-14/h6-8,11,13H,5,9-10H2,1-4H3,(H,22,26)(H2,20,23,25). The van der Waals surface area contributed by atoms with E-state index in [1.54, 1.807) is 39.2 Å². The van der Waals surface area contributed by atoms with Crippen molar-refractivity contribution in [2.75, 3.05) is 26.7 Å². The Hall–Kier alpha value is -3.01. The molecule has 0 aromatic carbocycles. The lowest BCUT2D eigenvalue weighted by Crippen LogP contribution is -2.42. The van der Waals surface area contributed by atoms with Crippen molar-refractivity contribution in [2.24, 2.45) is 4.99 Å². The van der Waals surface area contributed by atoms with Gasteiger partial charge in [0.25, 0.3) is 5.91 Å². The van der Waals surface area contributed by atoms with Crippen molar-refractivity contribution in [3.8, 4) is 0 Å². The molecule has 1 unspecified atom stereocenters. The fourth-order valence-electron chi connectivity index (χ4n) is 2.41. The summed E-state index contributed by atoms with van der Waals surface area (Å²) in [5.74, 6) is 0.0347. The van der Waals surface area contributed by atoms with Gasteiger partial charge in [0.2, 0.25) is 0 Å². The van der Waals surface area contributed by atoms with Crippen molar-refractivity contribution in [1.29, 1.82) is 0 Å². The zero-order valence-corrected chi connectivity index (χ0v) is 17.8. The molecule has 9 nitrogen and oxygen atoms in total. The van der Waals surface area contributed by atoms with E-state index >= 15 is 0 Å². The topological polar surface area (TPSA) is 118 Å². The number of rotatable bonds is 8. The van der Waals surface area contributed by atoms with E-state index in [-0.39, 0.29) is 17.9 Å². The molecule has 10 heteroatoms. The fourth-order valence-corrected chi connectivity index (χ4v) is 3.37. The molecule has 0 spiro atoms. The number of aromatic nitrogens is 2. The first-order valence-corrected chi connectivity index (χ1v) is 10.1. The van der Waals surface area contributed by atoms with E-state index in [0.717, 1.165) is 5.01 Å². The summed E-state index contributed by atoms with van der Waals surface area (Å²) >= 11 is 1.30. The number of aryl methyl sites for hydroxylation is 1. The van der Waals surface area contributed by atoms with Crippen LogP contribution >= 0.6 is 11.3 Å². The molecule has 2 aromatic heterocycles. The predicted octanol–water partition coefficient (Wildman–Crippen LogP) is 1.68. The molecule has 1 atom stereocenters. The highest BCUT2D eigenvalue weighted by Gasteiger charge is 2.20. The lowest BCUT2D eigenvalue weighted by atomic mass is 10.3. The Bertz CT molecular complexity index is 853. The molecule has 0 fully saturated rings. The monoisotopic (exact) mass is 418 g/mol. The van der Waals surface area contributed by atoms with Gasteiger partial charge in [0.15, 0.2) is 5.96 Å². The van der Waals surface area contributed by atoms with E-state index in [0.29, 0.717) is 41.8 Å². The number of nitrogens with zero attached hydrogens (tertiary/aromatic N) is 3. The van der Waals surface area contributed by atoms with E-state index in [4.69, 9.17) is 4.74 Å². The number of hydrogen-bond acceptors (Lipinski definition) is 7. The second-order valence-electron chi connectivity index (χ2n) is 6.05. The summed E-state index contributed by atoms with van der Waals surface area (Å²) in [5, 5.41) is 9.94. The first-order valence-electron chi connectivity index (χ1n) is 9.26. The second-order valence-corrected chi connectivity index (χ2v) is 7.08. The van der Waals surface area contributed by atoms with Gasteiger partial charge in [-0.2, -0.15) is 0 Å². The smallest absolute Gasteiger partial charge is 0.350 e. The highest BCUT2D eigenvalue weighted by atomic mass is 32.1. The van der Waals surface area contributed by atoms with Gasteiger partial charge in [0.05, 0.1) is 23.9 Å². The van der Waals surface area contributed by atoms with Crippen LogP contribution in [0.2, 0.25) is 0 Å². The van der Waals surface area contributed by atoms with Crippen LogP contribution in [0.1, 0.15) is 50.6 Å². The number of hydrogen-bond donors (Lipinski definition) is 3. The van der Waals surface area contributed by atoms with Crippen LogP contribution in [0.25, 0.3) is 0 Å². The summed E-state index contributed by atoms with van der Waals surface area (Å²) in [6.07, 6.45) is 3.14. The number of aliphatic imine (C=N–C) groups is 1. The van der Waals surface area contributed by atoms with Gasteiger partial charge in [-0.1, -0.05) is 0 Å². The summed E-state index contributed by atoms with van der Waals surface area (Å²) in [4.78, 5) is 37.0. The highest BCUT2D eigenvalue weighted by molar-refractivity contribution is 7.13. The van der Waals surface area contributed by atoms with Gasteiger partial charge >= 0.3 is 5.97 Å². The van der Waals surface area contributed by atoms with Crippen LogP contribution in [0.5, 0.6) is 0 Å². The maximum Gasteiger partial charge on any atom is 0.350 e. The Kier molecular flexibility index (Phi) is 8.53. The number of pyridine rings is 1. The zero-order valence-electron chi connectivity index (χ0n) is 17.0. The Labute approximate surface area is 174 Å². The van der Waals surface area contributed by atoms with Crippen molar-refractivity contribution in [1.82, 2.24) is 25.9 Å². The molecular formula is C19H26N6O3S. The number of thiazole rings is 1. The normalized spacial score (nSPS) is 12.2. The van der Waals surface area contributed by atoms with Crippen molar-refractivity contribution < 1.29 is 14.3 Å². The molecule has 29 heavy (non-hydrogen) atoms. The molecule has 2 heterocycles. The largest absolute Gasteiger partial charge is 0.462 e. The first kappa shape index (κ1) is 22.3. The van der Waals surface area contributed by atoms with Gasteiger partial charge < -0.3 is 20.7 Å². The molecule has 0 saturated carbocycles. The molecule has 0 bridgehead atoms. The number of esters is 1. The van der Waals surface area contributed by atoms with Gasteiger partial charge in [-0.25, -0.2) is 9.78 Å². The minimum absolute atomic E-state index is 0.155. The lowest BCUT2D eigenvalue weighted by molar-refractivity contribution is 0.0531. The number of guanidine groups is 1. The van der Waals surface area contributed by atoms with Crippen LogP contribution in [0.3, 0.4) is 0 Å². The van der Waals surface area contributed by atoms with Crippen molar-refractivity contribution in [3.63, 3.8) is 0 Å². The Morgan fingerprint density at radius 2 is 2.07 bits per heavy atom. The molecule has 2 rings (SSSR count). The van der Waals surface area contributed by atoms with E-state index < -0.39 is 0 Å². The van der Waals surface area contributed by atoms with E-state index in [1.165, 1.54) is 17.5 Å². The third-order valence-corrected chi connectivity index (χ3v) is 5.17. The fraction of sp³-hybridized carbons (Fsp3) is 0.421. The van der Waals surface area contributed by atoms with Gasteiger partial charge in [-0.3, -0.25) is 14.8 Å². The van der Waals surface area contributed by atoms with Crippen LogP contribution in [0.4, 0.5) is 0 Å². The number of carbonyl (C=O) groups is 2. The molecule has 0 aliphatic heterocycles. The average molecular weight is 419 g/mol. The van der Waals surface area contributed by atoms with E-state index in [9.17, 15) is 9.59 Å². The van der Waals surface area contributed by atoms with Gasteiger partial charge in [-0.05, 0) is 32.9 Å². The van der Waals surface area contributed by atoms with Gasteiger partial charge in [0, 0.05) is 32.5 Å². The van der Waals surface area contributed by atoms with E-state index in [1.807, 2.05) is 6.92 Å². The summed E-state index contributed by atoms with van der Waals surface area (Å²) in [5.41, 5.74) is 1.17. The summed E-state index contributed by atoms with van der Waals surface area (Å²) in [6, 6.07) is 3.27. The van der Waals surface area contributed by atoms with Crippen LogP contribution in [0.15, 0.2) is 29.5 Å². The molecule has 3 N–H and O–H groups in total. The minimum atomic E-state index is -0.354. The highest BCUT2D eigenvalue weighted by Crippen LogP contribution is 2.24. The van der Waals surface area contributed by atoms with Crippen molar-refractivity contribution in [3.05, 3.63) is 45.7 Å². The summed E-state index contributed by atoms with van der Waals surface area (Å²) < 4.78 is 5.06. The van der Waals surface area contributed by atoms with Gasteiger partial charge in [0.1, 0.15) is 9.88 Å². The maximum absolute atomic E-state index is 12.0. The van der Waals surface area contributed by atoms with Crippen molar-refractivity contribution in [2.45, 2.75) is 26.8 Å². The maximum atomic E-state index is 12.0. The Morgan fingerprint density at radius 3 is 2.72 bits per heavy atom. The molecule has 0 saturated heterocycles. The SMILES string of the molecule is CCOC(=O)c1sc(C(C)NC(=NC)NCCNC(=O)c2cccnc2)nc1C. The molecule has 0 aliphatic rings. The van der Waals surface area contributed by atoms with Crippen molar-refractivity contribution >= 4 is 29.2 Å². The quantitative estimate of drug-likeness (QED) is 0.258. The first-order chi connectivity index (χ1) is 14.0. The van der Waals surface area contributed by atoms with Gasteiger partial charge in [-0.15, -0.1) is 11.3 Å². The number of ether oxygens (including phenoxy) is 1. The zero-order chi connectivity index (χ0) is 21.2. The van der Waals surface area contributed by atoms with Crippen LogP contribution in [-0.2, 0) is 4.74 Å². The third-order valence-electron chi connectivity index (χ3n) is 3.85. The van der Waals surface area contributed by atoms with Crippen LogP contribution in [-0.4, -0.2) is 54.5 Å². The molecule has 0 aliphatic carbocycles. The molecule has 2 aromatic rings. The molecule has 1 amide bonds. The summed E-state index contributed by atoms with van der Waals surface area (Å²) in [6.45, 7) is 6.73. The minimum Gasteiger partial charge on any atom is -0.462 e. The third kappa shape index (κ3) is 6.53. The van der Waals surface area contributed by atoms with Crippen LogP contribution < -0.4 is 16.0 Å². The molecule has 156 valence electrons. The molecule has 0 radical (unpaired) electrons. The van der Waals surface area contributed by atoms with Crippen LogP contribution in [0, 0.1) is 6.92 Å². The second kappa shape index (κ2) is 11.1. The Balaban J connectivity index is 1.83. The number of carbonyl (C=O) groups excluding carboxylic acids is 2. The molecular weight excluding hydrogens is 392 g/mol. The number of amides is 1. The lowest BCUT2D eigenvalue weighted by Gasteiger charge is -2.16. The Morgan fingerprint density at radius 1 is 1.31 bits per heavy atom. The average Bonchev–Trinajstić information content (AvgIpc) is 3.12. The number of nitrogens with one attached hydrogen (secondary N) is 3. The summed E-state index contributed by atoms with van der Waals surface area (Å²) in [7, 11) is 1.66. The van der Waals surface area contributed by atoms with E-state index in [2.05, 4.69) is 30.9 Å². The predicted molar refractivity (Wildman–Crippen MR) is 112 cm³/mol.